The Balaban J connectivity index is 2.81. The molecule has 5 nitrogen and oxygen atoms in total. The molecular weight excluding hydrogens is 220 g/mol. The number of hydrogen-bond donors (Lipinski definition) is 2. The second kappa shape index (κ2) is 5.43. The SMILES string of the molecule is CCOC(=O)C(C)Oc1cc(N)c(N)cc1C. The van der Waals surface area contributed by atoms with E-state index in [9.17, 15) is 4.79 Å². The van der Waals surface area contributed by atoms with Gasteiger partial charge in [0.2, 0.25) is 0 Å². The van der Waals surface area contributed by atoms with Crippen LogP contribution in [0.5, 0.6) is 5.75 Å². The Morgan fingerprint density at radius 2 is 1.94 bits per heavy atom. The van der Waals surface area contributed by atoms with E-state index >= 15 is 0 Å². The highest BCUT2D eigenvalue weighted by molar-refractivity contribution is 5.75. The fraction of sp³-hybridized carbons (Fsp3) is 0.417. The smallest absolute Gasteiger partial charge is 0.347 e. The summed E-state index contributed by atoms with van der Waals surface area (Å²) in [6.45, 7) is 5.54. The summed E-state index contributed by atoms with van der Waals surface area (Å²) in [6, 6.07) is 3.32. The van der Waals surface area contributed by atoms with Crippen LogP contribution in [0.1, 0.15) is 19.4 Å². The van der Waals surface area contributed by atoms with Crippen molar-refractivity contribution >= 4 is 17.3 Å². The maximum Gasteiger partial charge on any atom is 0.347 e. The number of benzene rings is 1. The second-order valence-electron chi connectivity index (χ2n) is 3.76. The summed E-state index contributed by atoms with van der Waals surface area (Å²) < 4.78 is 10.3. The van der Waals surface area contributed by atoms with Gasteiger partial charge >= 0.3 is 5.97 Å². The molecule has 0 spiro atoms. The van der Waals surface area contributed by atoms with Gasteiger partial charge in [-0.3, -0.25) is 0 Å². The largest absolute Gasteiger partial charge is 0.479 e. The van der Waals surface area contributed by atoms with Crippen molar-refractivity contribution in [2.24, 2.45) is 0 Å². The lowest BCUT2D eigenvalue weighted by molar-refractivity contribution is -0.150. The van der Waals surface area contributed by atoms with Gasteiger partial charge in [0.05, 0.1) is 18.0 Å². The Bertz CT molecular complexity index is 418. The molecule has 1 unspecified atom stereocenters. The van der Waals surface area contributed by atoms with Crippen LogP contribution >= 0.6 is 0 Å². The van der Waals surface area contributed by atoms with Crippen molar-refractivity contribution in [1.29, 1.82) is 0 Å². The fourth-order valence-electron chi connectivity index (χ4n) is 1.35. The van der Waals surface area contributed by atoms with E-state index in [1.165, 1.54) is 0 Å². The monoisotopic (exact) mass is 238 g/mol. The van der Waals surface area contributed by atoms with E-state index in [-0.39, 0.29) is 0 Å². The predicted octanol–water partition coefficient (Wildman–Crippen LogP) is 1.49. The number of nitrogen functional groups attached to an aromatic ring is 2. The molecule has 1 rings (SSSR count). The van der Waals surface area contributed by atoms with Gasteiger partial charge in [-0.05, 0) is 32.4 Å². The van der Waals surface area contributed by atoms with Gasteiger partial charge in [-0.2, -0.15) is 0 Å². The van der Waals surface area contributed by atoms with Crippen LogP contribution in [0.2, 0.25) is 0 Å². The highest BCUT2D eigenvalue weighted by atomic mass is 16.6. The first-order valence-electron chi connectivity index (χ1n) is 5.44. The second-order valence-corrected chi connectivity index (χ2v) is 3.76. The zero-order valence-electron chi connectivity index (χ0n) is 10.3. The number of esters is 1. The van der Waals surface area contributed by atoms with E-state index in [1.54, 1.807) is 26.0 Å². The lowest BCUT2D eigenvalue weighted by Gasteiger charge is -2.16. The first-order chi connectivity index (χ1) is 7.95. The summed E-state index contributed by atoms with van der Waals surface area (Å²) in [5.74, 6) is 0.138. The molecule has 0 radical (unpaired) electrons. The van der Waals surface area contributed by atoms with Gasteiger partial charge in [0, 0.05) is 6.07 Å². The summed E-state index contributed by atoms with van der Waals surface area (Å²) >= 11 is 0. The maximum absolute atomic E-state index is 11.4. The predicted molar refractivity (Wildman–Crippen MR) is 66.7 cm³/mol. The normalized spacial score (nSPS) is 11.9. The minimum absolute atomic E-state index is 0.329. The van der Waals surface area contributed by atoms with Crippen LogP contribution in [-0.4, -0.2) is 18.7 Å². The Morgan fingerprint density at radius 1 is 1.35 bits per heavy atom. The standard InChI is InChI=1S/C12H18N2O3/c1-4-16-12(15)8(3)17-11-6-10(14)9(13)5-7(11)2/h5-6,8H,4,13-14H2,1-3H3. The first kappa shape index (κ1) is 13.2. The summed E-state index contributed by atoms with van der Waals surface area (Å²) in [7, 11) is 0. The van der Waals surface area contributed by atoms with E-state index in [4.69, 9.17) is 20.9 Å². The summed E-state index contributed by atoms with van der Waals surface area (Å²) in [4.78, 5) is 11.4. The van der Waals surface area contributed by atoms with E-state index < -0.39 is 12.1 Å². The highest BCUT2D eigenvalue weighted by Crippen LogP contribution is 2.27. The quantitative estimate of drug-likeness (QED) is 0.613. The number of aryl methyl sites for hydroxylation is 1. The Morgan fingerprint density at radius 3 is 2.53 bits per heavy atom. The molecule has 0 aliphatic rings. The molecule has 0 bridgehead atoms. The number of carbonyl (C=O) groups is 1. The zero-order chi connectivity index (χ0) is 13.0. The molecule has 4 N–H and O–H groups in total. The first-order valence-corrected chi connectivity index (χ1v) is 5.44. The molecule has 1 aromatic rings. The minimum atomic E-state index is -0.670. The lowest BCUT2D eigenvalue weighted by Crippen LogP contribution is -2.26. The van der Waals surface area contributed by atoms with Crippen LogP contribution < -0.4 is 16.2 Å². The molecule has 0 amide bonds. The van der Waals surface area contributed by atoms with Crippen molar-refractivity contribution in [1.82, 2.24) is 0 Å². The number of anilines is 2. The van der Waals surface area contributed by atoms with Crippen LogP contribution in [0, 0.1) is 6.92 Å². The number of hydrogen-bond acceptors (Lipinski definition) is 5. The van der Waals surface area contributed by atoms with Crippen LogP contribution in [0.25, 0.3) is 0 Å². The van der Waals surface area contributed by atoms with Gasteiger partial charge in [-0.1, -0.05) is 0 Å². The summed E-state index contributed by atoms with van der Waals surface area (Å²) in [5.41, 5.74) is 13.1. The van der Waals surface area contributed by atoms with Crippen molar-refractivity contribution in [3.05, 3.63) is 17.7 Å². The third-order valence-electron chi connectivity index (χ3n) is 2.30. The van der Waals surface area contributed by atoms with Gasteiger partial charge in [-0.25, -0.2) is 4.79 Å². The number of carbonyl (C=O) groups excluding carboxylic acids is 1. The fourth-order valence-corrected chi connectivity index (χ4v) is 1.35. The molecule has 0 aromatic heterocycles. The van der Waals surface area contributed by atoms with E-state index in [0.717, 1.165) is 5.56 Å². The molecule has 17 heavy (non-hydrogen) atoms. The Hall–Kier alpha value is -1.91. The molecule has 0 saturated carbocycles. The molecule has 0 aliphatic carbocycles. The van der Waals surface area contributed by atoms with E-state index in [2.05, 4.69) is 0 Å². The molecule has 94 valence electrons. The van der Waals surface area contributed by atoms with Crippen molar-refractivity contribution in [2.75, 3.05) is 18.1 Å². The third kappa shape index (κ3) is 3.27. The molecule has 1 atom stereocenters. The highest BCUT2D eigenvalue weighted by Gasteiger charge is 2.17. The molecule has 0 fully saturated rings. The van der Waals surface area contributed by atoms with Gasteiger partial charge in [-0.15, -0.1) is 0 Å². The molecule has 1 aromatic carbocycles. The van der Waals surface area contributed by atoms with Gasteiger partial charge in [0.15, 0.2) is 6.10 Å². The molecule has 0 heterocycles. The van der Waals surface area contributed by atoms with E-state index in [1.807, 2.05) is 6.92 Å². The summed E-state index contributed by atoms with van der Waals surface area (Å²) in [6.07, 6.45) is -0.670. The van der Waals surface area contributed by atoms with Crippen molar-refractivity contribution in [3.8, 4) is 5.75 Å². The zero-order valence-corrected chi connectivity index (χ0v) is 10.3. The lowest BCUT2D eigenvalue weighted by atomic mass is 10.1. The number of ether oxygens (including phenoxy) is 2. The van der Waals surface area contributed by atoms with Gasteiger partial charge < -0.3 is 20.9 Å². The third-order valence-corrected chi connectivity index (χ3v) is 2.30. The minimum Gasteiger partial charge on any atom is -0.479 e. The Labute approximate surface area is 101 Å². The van der Waals surface area contributed by atoms with Crippen molar-refractivity contribution in [2.45, 2.75) is 26.9 Å². The Kier molecular flexibility index (Phi) is 4.20. The average molecular weight is 238 g/mol. The molecule has 5 heteroatoms. The van der Waals surface area contributed by atoms with Crippen LogP contribution in [0.4, 0.5) is 11.4 Å². The maximum atomic E-state index is 11.4. The van der Waals surface area contributed by atoms with Gasteiger partial charge in [0.25, 0.3) is 0 Å². The van der Waals surface area contributed by atoms with Crippen LogP contribution in [0.3, 0.4) is 0 Å². The van der Waals surface area contributed by atoms with Crippen LogP contribution in [-0.2, 0) is 9.53 Å². The number of nitrogens with two attached hydrogens (primary N) is 2. The summed E-state index contributed by atoms with van der Waals surface area (Å²) in [5, 5.41) is 0. The molecule has 0 saturated heterocycles. The van der Waals surface area contributed by atoms with Crippen molar-refractivity contribution < 1.29 is 14.3 Å². The van der Waals surface area contributed by atoms with Crippen LogP contribution in [0.15, 0.2) is 12.1 Å². The topological polar surface area (TPSA) is 87.6 Å². The van der Waals surface area contributed by atoms with E-state index in [0.29, 0.717) is 23.7 Å². The average Bonchev–Trinajstić information content (AvgIpc) is 2.26. The van der Waals surface area contributed by atoms with Crippen molar-refractivity contribution in [3.63, 3.8) is 0 Å². The number of rotatable bonds is 4. The van der Waals surface area contributed by atoms with Gasteiger partial charge in [0.1, 0.15) is 5.75 Å². The molecule has 0 aliphatic heterocycles. The molecular formula is C12H18N2O3.